The molecular weight excluding hydrogens is 332 g/mol. The van der Waals surface area contributed by atoms with Gasteiger partial charge in [0.15, 0.2) is 6.61 Å². The van der Waals surface area contributed by atoms with Gasteiger partial charge in [0.25, 0.3) is 5.91 Å². The van der Waals surface area contributed by atoms with Crippen molar-refractivity contribution in [3.8, 4) is 0 Å². The van der Waals surface area contributed by atoms with Crippen molar-refractivity contribution in [2.75, 3.05) is 6.61 Å². The summed E-state index contributed by atoms with van der Waals surface area (Å²) in [6.45, 7) is -0.471. The van der Waals surface area contributed by atoms with Crippen LogP contribution in [0.5, 0.6) is 0 Å². The molecule has 1 aliphatic carbocycles. The van der Waals surface area contributed by atoms with Crippen molar-refractivity contribution in [1.29, 1.82) is 0 Å². The van der Waals surface area contributed by atoms with E-state index in [9.17, 15) is 14.4 Å². The first-order valence-corrected chi connectivity index (χ1v) is 8.84. The van der Waals surface area contributed by atoms with Crippen molar-refractivity contribution in [2.24, 2.45) is 0 Å². The predicted molar refractivity (Wildman–Crippen MR) is 97.5 cm³/mol. The lowest BCUT2D eigenvalue weighted by molar-refractivity contribution is -0.147. The van der Waals surface area contributed by atoms with Crippen LogP contribution in [0, 0.1) is 0 Å². The molecular formula is C20H22N2O4. The van der Waals surface area contributed by atoms with Crippen LogP contribution >= 0.6 is 0 Å². The zero-order valence-corrected chi connectivity index (χ0v) is 14.5. The summed E-state index contributed by atoms with van der Waals surface area (Å²) in [5.74, 6) is -1.14. The van der Waals surface area contributed by atoms with Crippen molar-refractivity contribution in [3.63, 3.8) is 0 Å². The van der Waals surface area contributed by atoms with Crippen LogP contribution in [0.15, 0.2) is 42.5 Å². The average Bonchev–Trinajstić information content (AvgIpc) is 3.13. The molecule has 6 heteroatoms. The Morgan fingerprint density at radius 2 is 1.73 bits per heavy atom. The molecule has 136 valence electrons. The summed E-state index contributed by atoms with van der Waals surface area (Å²) in [4.78, 5) is 35.5. The number of fused-ring (bicyclic) bond motifs is 1. The second-order valence-corrected chi connectivity index (χ2v) is 6.48. The minimum Gasteiger partial charge on any atom is -0.455 e. The molecule has 3 amide bonds. The van der Waals surface area contributed by atoms with Gasteiger partial charge in [0.1, 0.15) is 0 Å². The van der Waals surface area contributed by atoms with Crippen molar-refractivity contribution in [3.05, 3.63) is 48.0 Å². The van der Waals surface area contributed by atoms with Gasteiger partial charge in [-0.05, 0) is 29.2 Å². The van der Waals surface area contributed by atoms with Gasteiger partial charge in [-0.2, -0.15) is 0 Å². The van der Waals surface area contributed by atoms with Crippen LogP contribution in [0.2, 0.25) is 0 Å². The Kier molecular flexibility index (Phi) is 5.84. The third-order valence-corrected chi connectivity index (χ3v) is 4.52. The highest BCUT2D eigenvalue weighted by Crippen LogP contribution is 2.19. The number of carbonyl (C=O) groups excluding carboxylic acids is 3. The summed E-state index contributed by atoms with van der Waals surface area (Å²) in [5, 5.41) is 6.96. The lowest BCUT2D eigenvalue weighted by Crippen LogP contribution is -2.45. The average molecular weight is 354 g/mol. The van der Waals surface area contributed by atoms with Crippen molar-refractivity contribution in [1.82, 2.24) is 10.6 Å². The van der Waals surface area contributed by atoms with E-state index in [1.54, 1.807) is 0 Å². The summed E-state index contributed by atoms with van der Waals surface area (Å²) in [5.41, 5.74) is 0.840. The monoisotopic (exact) mass is 354 g/mol. The molecule has 26 heavy (non-hydrogen) atoms. The topological polar surface area (TPSA) is 84.5 Å². The van der Waals surface area contributed by atoms with Gasteiger partial charge < -0.3 is 10.1 Å². The fourth-order valence-corrected chi connectivity index (χ4v) is 3.25. The fraction of sp³-hybridized carbons (Fsp3) is 0.350. The highest BCUT2D eigenvalue weighted by molar-refractivity contribution is 5.96. The lowest BCUT2D eigenvalue weighted by atomic mass is 10.0. The van der Waals surface area contributed by atoms with E-state index in [1.807, 2.05) is 42.5 Å². The molecule has 2 aromatic carbocycles. The van der Waals surface area contributed by atoms with Gasteiger partial charge in [-0.3, -0.25) is 14.9 Å². The molecule has 0 bridgehead atoms. The van der Waals surface area contributed by atoms with E-state index >= 15 is 0 Å². The Labute approximate surface area is 151 Å². The maximum Gasteiger partial charge on any atom is 0.321 e. The summed E-state index contributed by atoms with van der Waals surface area (Å²) < 4.78 is 5.00. The number of amides is 3. The van der Waals surface area contributed by atoms with Crippen LogP contribution in [-0.2, 0) is 20.7 Å². The van der Waals surface area contributed by atoms with Gasteiger partial charge in [-0.1, -0.05) is 55.3 Å². The normalized spacial score (nSPS) is 14.2. The standard InChI is InChI=1S/C20H22N2O4/c23-18(22-20(25)21-16-9-2-3-10-16)13-26-19(24)12-15-8-5-7-14-6-1-4-11-17(14)15/h1,4-8,11,16H,2-3,9-10,12-13H2,(H2,21,22,23,25). The lowest BCUT2D eigenvalue weighted by Gasteiger charge is -2.12. The zero-order chi connectivity index (χ0) is 18.4. The zero-order valence-electron chi connectivity index (χ0n) is 14.5. The number of esters is 1. The number of hydrogen-bond acceptors (Lipinski definition) is 4. The number of imide groups is 1. The molecule has 0 atom stereocenters. The van der Waals surface area contributed by atoms with Crippen LogP contribution in [0.25, 0.3) is 10.8 Å². The van der Waals surface area contributed by atoms with Gasteiger partial charge in [0, 0.05) is 6.04 Å². The van der Waals surface area contributed by atoms with E-state index in [0.717, 1.165) is 42.0 Å². The van der Waals surface area contributed by atoms with E-state index in [-0.39, 0.29) is 12.5 Å². The molecule has 1 aliphatic rings. The van der Waals surface area contributed by atoms with Crippen molar-refractivity contribution in [2.45, 2.75) is 38.1 Å². The van der Waals surface area contributed by atoms with Gasteiger partial charge in [-0.15, -0.1) is 0 Å². The van der Waals surface area contributed by atoms with Crippen LogP contribution in [-0.4, -0.2) is 30.6 Å². The van der Waals surface area contributed by atoms with E-state index in [1.165, 1.54) is 0 Å². The number of nitrogens with one attached hydrogen (secondary N) is 2. The Bertz CT molecular complexity index is 807. The summed E-state index contributed by atoms with van der Waals surface area (Å²) in [6, 6.07) is 13.1. The van der Waals surface area contributed by atoms with Gasteiger partial charge in [0.05, 0.1) is 6.42 Å². The molecule has 0 aromatic heterocycles. The largest absolute Gasteiger partial charge is 0.455 e. The minimum atomic E-state index is -0.633. The molecule has 0 heterocycles. The van der Waals surface area contributed by atoms with Gasteiger partial charge in [-0.25, -0.2) is 4.79 Å². The van der Waals surface area contributed by atoms with Crippen LogP contribution in [0.3, 0.4) is 0 Å². The molecule has 2 aromatic rings. The first-order valence-electron chi connectivity index (χ1n) is 8.84. The molecule has 6 nitrogen and oxygen atoms in total. The summed E-state index contributed by atoms with van der Waals surface area (Å²) >= 11 is 0. The smallest absolute Gasteiger partial charge is 0.321 e. The molecule has 0 unspecified atom stereocenters. The first kappa shape index (κ1) is 17.9. The third kappa shape index (κ3) is 4.81. The Morgan fingerprint density at radius 1 is 1.00 bits per heavy atom. The molecule has 0 radical (unpaired) electrons. The first-order chi connectivity index (χ1) is 12.6. The SMILES string of the molecule is O=C(COC(=O)Cc1cccc2ccccc12)NC(=O)NC1CCCC1. The van der Waals surface area contributed by atoms with Gasteiger partial charge in [0.2, 0.25) is 0 Å². The highest BCUT2D eigenvalue weighted by atomic mass is 16.5. The molecule has 0 aliphatic heterocycles. The van der Waals surface area contributed by atoms with E-state index in [0.29, 0.717) is 0 Å². The second kappa shape index (κ2) is 8.47. The van der Waals surface area contributed by atoms with E-state index in [2.05, 4.69) is 10.6 Å². The summed E-state index contributed by atoms with van der Waals surface area (Å²) in [7, 11) is 0. The van der Waals surface area contributed by atoms with Crippen LogP contribution in [0.1, 0.15) is 31.2 Å². The van der Waals surface area contributed by atoms with Crippen molar-refractivity contribution >= 4 is 28.7 Å². The van der Waals surface area contributed by atoms with Gasteiger partial charge >= 0.3 is 12.0 Å². The number of rotatable bonds is 5. The number of carbonyl (C=O) groups is 3. The maximum atomic E-state index is 12.0. The number of ether oxygens (including phenoxy) is 1. The molecule has 1 fully saturated rings. The highest BCUT2D eigenvalue weighted by Gasteiger charge is 2.18. The second-order valence-electron chi connectivity index (χ2n) is 6.48. The molecule has 2 N–H and O–H groups in total. The van der Waals surface area contributed by atoms with E-state index in [4.69, 9.17) is 4.74 Å². The molecule has 0 saturated heterocycles. The fourth-order valence-electron chi connectivity index (χ4n) is 3.25. The summed E-state index contributed by atoms with van der Waals surface area (Å²) in [6.07, 6.45) is 4.11. The molecule has 1 saturated carbocycles. The minimum absolute atomic E-state index is 0.0723. The number of hydrogen-bond donors (Lipinski definition) is 2. The third-order valence-electron chi connectivity index (χ3n) is 4.52. The Hall–Kier alpha value is -2.89. The van der Waals surface area contributed by atoms with Crippen LogP contribution < -0.4 is 10.6 Å². The Balaban J connectivity index is 1.46. The number of urea groups is 1. The molecule has 0 spiro atoms. The number of benzene rings is 2. The quantitative estimate of drug-likeness (QED) is 0.809. The van der Waals surface area contributed by atoms with E-state index < -0.39 is 24.5 Å². The van der Waals surface area contributed by atoms with Crippen molar-refractivity contribution < 1.29 is 19.1 Å². The maximum absolute atomic E-state index is 12.0. The predicted octanol–water partition coefficient (Wildman–Crippen LogP) is 2.69. The van der Waals surface area contributed by atoms with Crippen LogP contribution in [0.4, 0.5) is 4.79 Å². The molecule has 3 rings (SSSR count). The Morgan fingerprint density at radius 3 is 2.54 bits per heavy atom.